The Labute approximate surface area is 167 Å². The SMILES string of the molecule is C=CC(=O)N1CCC(c2c[nH]c3c(C(N)=O)c(-c4ccc(OC)cc4)nn23)CC1. The van der Waals surface area contributed by atoms with Crippen molar-refractivity contribution < 1.29 is 14.3 Å². The van der Waals surface area contributed by atoms with Gasteiger partial charge in [0.2, 0.25) is 5.91 Å². The van der Waals surface area contributed by atoms with Crippen molar-refractivity contribution in [2.24, 2.45) is 5.73 Å². The van der Waals surface area contributed by atoms with Crippen LogP contribution in [-0.2, 0) is 4.79 Å². The first-order valence-electron chi connectivity index (χ1n) is 9.49. The Morgan fingerprint density at radius 3 is 2.55 bits per heavy atom. The third-order valence-electron chi connectivity index (χ3n) is 5.50. The molecule has 150 valence electrons. The molecule has 2 aromatic heterocycles. The number of hydrogen-bond donors (Lipinski definition) is 2. The summed E-state index contributed by atoms with van der Waals surface area (Å²) in [6, 6.07) is 7.35. The molecule has 3 heterocycles. The van der Waals surface area contributed by atoms with E-state index in [-0.39, 0.29) is 11.8 Å². The molecule has 1 saturated heterocycles. The number of primary amides is 1. The van der Waals surface area contributed by atoms with Gasteiger partial charge in [0, 0.05) is 30.8 Å². The fraction of sp³-hybridized carbons (Fsp3) is 0.286. The zero-order valence-electron chi connectivity index (χ0n) is 16.2. The molecule has 1 aliphatic heterocycles. The summed E-state index contributed by atoms with van der Waals surface area (Å²) in [6.07, 6.45) is 4.86. The molecule has 3 aromatic rings. The highest BCUT2D eigenvalue weighted by Crippen LogP contribution is 2.32. The van der Waals surface area contributed by atoms with E-state index in [1.807, 2.05) is 30.5 Å². The van der Waals surface area contributed by atoms with Crippen LogP contribution in [-0.4, -0.2) is 51.5 Å². The number of carbonyl (C=O) groups is 2. The Hall–Kier alpha value is -3.55. The number of likely N-dealkylation sites (tertiary alicyclic amines) is 1. The average Bonchev–Trinajstić information content (AvgIpc) is 3.32. The van der Waals surface area contributed by atoms with Crippen molar-refractivity contribution in [2.75, 3.05) is 20.2 Å². The number of nitrogens with two attached hydrogens (primary N) is 1. The third-order valence-corrected chi connectivity index (χ3v) is 5.50. The molecule has 0 aliphatic carbocycles. The first-order valence-corrected chi connectivity index (χ1v) is 9.49. The number of nitrogens with one attached hydrogen (secondary N) is 1. The number of amides is 2. The van der Waals surface area contributed by atoms with Gasteiger partial charge in [0.05, 0.1) is 12.8 Å². The molecule has 0 spiro atoms. The molecule has 1 aliphatic rings. The Bertz CT molecular complexity index is 1070. The topological polar surface area (TPSA) is 106 Å². The number of aromatic amines is 1. The molecule has 3 N–H and O–H groups in total. The van der Waals surface area contributed by atoms with Gasteiger partial charge in [-0.1, -0.05) is 6.58 Å². The van der Waals surface area contributed by atoms with Gasteiger partial charge in [0.1, 0.15) is 22.7 Å². The molecule has 1 fully saturated rings. The third kappa shape index (κ3) is 3.26. The second-order valence-electron chi connectivity index (χ2n) is 7.09. The highest BCUT2D eigenvalue weighted by Gasteiger charge is 2.28. The lowest BCUT2D eigenvalue weighted by Gasteiger charge is -2.30. The van der Waals surface area contributed by atoms with Gasteiger partial charge in [-0.3, -0.25) is 9.59 Å². The fourth-order valence-corrected chi connectivity index (χ4v) is 3.94. The van der Waals surface area contributed by atoms with E-state index in [2.05, 4.69) is 11.6 Å². The number of methoxy groups -OCH3 is 1. The number of aromatic nitrogens is 3. The maximum Gasteiger partial charge on any atom is 0.254 e. The van der Waals surface area contributed by atoms with Gasteiger partial charge < -0.3 is 20.4 Å². The van der Waals surface area contributed by atoms with Gasteiger partial charge in [0.25, 0.3) is 5.91 Å². The predicted molar refractivity (Wildman–Crippen MR) is 109 cm³/mol. The minimum absolute atomic E-state index is 0.0421. The molecule has 8 heteroatoms. The standard InChI is InChI=1S/C21H23N5O3/c1-3-17(27)25-10-8-13(9-11-25)16-12-23-21-18(20(22)28)19(24-26(16)21)14-4-6-15(29-2)7-5-14/h3-7,12-13,23H,1,8-11H2,2H3,(H2,22,28). The quantitative estimate of drug-likeness (QED) is 0.649. The van der Waals surface area contributed by atoms with Crippen molar-refractivity contribution in [3.05, 3.63) is 54.4 Å². The minimum Gasteiger partial charge on any atom is -0.497 e. The summed E-state index contributed by atoms with van der Waals surface area (Å²) >= 11 is 0. The van der Waals surface area contributed by atoms with Crippen LogP contribution in [0.4, 0.5) is 0 Å². The summed E-state index contributed by atoms with van der Waals surface area (Å²) in [4.78, 5) is 29.0. The van der Waals surface area contributed by atoms with Crippen LogP contribution in [0.15, 0.2) is 43.1 Å². The van der Waals surface area contributed by atoms with Crippen LogP contribution >= 0.6 is 0 Å². The van der Waals surface area contributed by atoms with E-state index in [1.165, 1.54) is 6.08 Å². The molecule has 4 rings (SSSR count). The van der Waals surface area contributed by atoms with E-state index in [0.717, 1.165) is 29.8 Å². The number of benzene rings is 1. The first-order chi connectivity index (χ1) is 14.0. The Balaban J connectivity index is 1.70. The van der Waals surface area contributed by atoms with Gasteiger partial charge in [-0.25, -0.2) is 4.52 Å². The molecule has 0 unspecified atom stereocenters. The first kappa shape index (κ1) is 18.8. The number of rotatable bonds is 5. The van der Waals surface area contributed by atoms with Gasteiger partial charge in [-0.2, -0.15) is 5.10 Å². The van der Waals surface area contributed by atoms with Crippen LogP contribution < -0.4 is 10.5 Å². The van der Waals surface area contributed by atoms with Crippen molar-refractivity contribution in [1.82, 2.24) is 19.5 Å². The molecule has 8 nitrogen and oxygen atoms in total. The van der Waals surface area contributed by atoms with E-state index in [0.29, 0.717) is 30.0 Å². The van der Waals surface area contributed by atoms with Crippen LogP contribution in [0, 0.1) is 0 Å². The highest BCUT2D eigenvalue weighted by molar-refractivity contribution is 6.04. The van der Waals surface area contributed by atoms with E-state index in [9.17, 15) is 9.59 Å². The van der Waals surface area contributed by atoms with Crippen LogP contribution in [0.3, 0.4) is 0 Å². The van der Waals surface area contributed by atoms with E-state index < -0.39 is 5.91 Å². The average molecular weight is 393 g/mol. The molecule has 1 aromatic carbocycles. The number of hydrogen-bond acceptors (Lipinski definition) is 4. The van der Waals surface area contributed by atoms with Crippen molar-refractivity contribution in [2.45, 2.75) is 18.8 Å². The molecule has 0 bridgehead atoms. The maximum atomic E-state index is 12.2. The Morgan fingerprint density at radius 1 is 1.28 bits per heavy atom. The van der Waals surface area contributed by atoms with Gasteiger partial charge in [0.15, 0.2) is 0 Å². The van der Waals surface area contributed by atoms with Crippen molar-refractivity contribution in [1.29, 1.82) is 0 Å². The van der Waals surface area contributed by atoms with E-state index in [4.69, 9.17) is 15.6 Å². The monoisotopic (exact) mass is 393 g/mol. The molecule has 0 atom stereocenters. The summed E-state index contributed by atoms with van der Waals surface area (Å²) < 4.78 is 6.97. The molecule has 29 heavy (non-hydrogen) atoms. The highest BCUT2D eigenvalue weighted by atomic mass is 16.5. The summed E-state index contributed by atoms with van der Waals surface area (Å²) in [5, 5.41) is 4.71. The number of imidazole rings is 1. The molecule has 2 amide bonds. The molecular weight excluding hydrogens is 370 g/mol. The van der Waals surface area contributed by atoms with Gasteiger partial charge in [-0.15, -0.1) is 0 Å². The number of piperidine rings is 1. The zero-order valence-corrected chi connectivity index (χ0v) is 16.2. The predicted octanol–water partition coefficient (Wildman–Crippen LogP) is 2.33. The van der Waals surface area contributed by atoms with Crippen LogP contribution in [0.2, 0.25) is 0 Å². The van der Waals surface area contributed by atoms with Crippen molar-refractivity contribution >= 4 is 17.5 Å². The van der Waals surface area contributed by atoms with Crippen LogP contribution in [0.5, 0.6) is 5.75 Å². The summed E-state index contributed by atoms with van der Waals surface area (Å²) in [7, 11) is 1.60. The molecular formula is C21H23N5O3. The zero-order chi connectivity index (χ0) is 20.5. The second-order valence-corrected chi connectivity index (χ2v) is 7.09. The van der Waals surface area contributed by atoms with Crippen molar-refractivity contribution in [3.63, 3.8) is 0 Å². The summed E-state index contributed by atoms with van der Waals surface area (Å²) in [5.74, 6) is 0.368. The molecule has 0 radical (unpaired) electrons. The van der Waals surface area contributed by atoms with Crippen molar-refractivity contribution in [3.8, 4) is 17.0 Å². The summed E-state index contributed by atoms with van der Waals surface area (Å²) in [6.45, 7) is 4.88. The largest absolute Gasteiger partial charge is 0.497 e. The normalized spacial score (nSPS) is 14.9. The number of ether oxygens (including phenoxy) is 1. The lowest BCUT2D eigenvalue weighted by molar-refractivity contribution is -0.127. The number of nitrogens with zero attached hydrogens (tertiary/aromatic N) is 3. The summed E-state index contributed by atoms with van der Waals surface area (Å²) in [5.41, 5.74) is 8.93. The molecule has 0 saturated carbocycles. The number of fused-ring (bicyclic) bond motifs is 1. The number of H-pyrrole nitrogens is 1. The lowest BCUT2D eigenvalue weighted by Crippen LogP contribution is -2.37. The Kier molecular flexibility index (Phi) is 4.84. The smallest absolute Gasteiger partial charge is 0.254 e. The Morgan fingerprint density at radius 2 is 1.97 bits per heavy atom. The van der Waals surface area contributed by atoms with E-state index >= 15 is 0 Å². The fourth-order valence-electron chi connectivity index (χ4n) is 3.94. The van der Waals surface area contributed by atoms with E-state index in [1.54, 1.807) is 16.5 Å². The second kappa shape index (κ2) is 7.46. The van der Waals surface area contributed by atoms with Gasteiger partial charge >= 0.3 is 0 Å². The maximum absolute atomic E-state index is 12.2. The lowest BCUT2D eigenvalue weighted by atomic mass is 9.94. The number of carbonyl (C=O) groups excluding carboxylic acids is 2. The minimum atomic E-state index is -0.536. The van der Waals surface area contributed by atoms with Crippen LogP contribution in [0.1, 0.15) is 34.8 Å². The van der Waals surface area contributed by atoms with Crippen LogP contribution in [0.25, 0.3) is 16.9 Å². The van der Waals surface area contributed by atoms with Gasteiger partial charge in [-0.05, 0) is 43.2 Å².